The molecule has 1 unspecified atom stereocenters. The molecule has 2 heterocycles. The van der Waals surface area contributed by atoms with Gasteiger partial charge in [0.25, 0.3) is 0 Å². The summed E-state index contributed by atoms with van der Waals surface area (Å²) < 4.78 is 6.85. The molecule has 7 heteroatoms. The molecule has 0 aliphatic carbocycles. The third-order valence-electron chi connectivity index (χ3n) is 4.10. The second-order valence-electron chi connectivity index (χ2n) is 5.86. The Hall–Kier alpha value is -2.93. The molecule has 0 aliphatic rings. The van der Waals surface area contributed by atoms with E-state index in [4.69, 9.17) is 4.52 Å². The zero-order chi connectivity index (χ0) is 17.8. The van der Waals surface area contributed by atoms with Crippen LogP contribution in [0.4, 0.5) is 5.69 Å². The molecule has 0 spiro atoms. The molecule has 2 aromatic heterocycles. The number of aryl methyl sites for hydroxylation is 2. The van der Waals surface area contributed by atoms with E-state index in [9.17, 15) is 9.90 Å². The van der Waals surface area contributed by atoms with Gasteiger partial charge in [-0.1, -0.05) is 35.5 Å². The minimum Gasteiger partial charge on any atom is -0.395 e. The van der Waals surface area contributed by atoms with Gasteiger partial charge in [-0.25, -0.2) is 0 Å². The van der Waals surface area contributed by atoms with Crippen molar-refractivity contribution < 1.29 is 14.4 Å². The molecular formula is C18H20N4O3. The van der Waals surface area contributed by atoms with Crippen molar-refractivity contribution in [3.63, 3.8) is 0 Å². The Bertz CT molecular complexity index is 835. The Kier molecular flexibility index (Phi) is 4.95. The number of aliphatic hydroxyl groups is 1. The average molecular weight is 340 g/mol. The molecular weight excluding hydrogens is 320 g/mol. The second kappa shape index (κ2) is 7.31. The fourth-order valence-corrected chi connectivity index (χ4v) is 2.66. The molecule has 3 rings (SSSR count). The lowest BCUT2D eigenvalue weighted by Crippen LogP contribution is -2.23. The van der Waals surface area contributed by atoms with Gasteiger partial charge in [-0.05, 0) is 19.4 Å². The van der Waals surface area contributed by atoms with Gasteiger partial charge in [0.15, 0.2) is 0 Å². The van der Waals surface area contributed by atoms with E-state index in [2.05, 4.69) is 15.6 Å². The predicted octanol–water partition coefficient (Wildman–Crippen LogP) is 2.25. The van der Waals surface area contributed by atoms with Gasteiger partial charge < -0.3 is 14.9 Å². The summed E-state index contributed by atoms with van der Waals surface area (Å²) in [5.41, 5.74) is 3.14. The molecule has 1 atom stereocenters. The predicted molar refractivity (Wildman–Crippen MR) is 92.2 cm³/mol. The van der Waals surface area contributed by atoms with Gasteiger partial charge in [0.1, 0.15) is 5.76 Å². The lowest BCUT2D eigenvalue weighted by molar-refractivity contribution is -0.118. The van der Waals surface area contributed by atoms with Crippen molar-refractivity contribution >= 4 is 11.6 Å². The molecule has 0 saturated heterocycles. The third-order valence-corrected chi connectivity index (χ3v) is 4.10. The smallest absolute Gasteiger partial charge is 0.234 e. The van der Waals surface area contributed by atoms with Crippen LogP contribution in [0.2, 0.25) is 0 Å². The van der Waals surface area contributed by atoms with Crippen LogP contribution in [-0.2, 0) is 11.3 Å². The van der Waals surface area contributed by atoms with Crippen molar-refractivity contribution in [2.75, 3.05) is 11.9 Å². The second-order valence-corrected chi connectivity index (χ2v) is 5.86. The monoisotopic (exact) mass is 340 g/mol. The van der Waals surface area contributed by atoms with E-state index in [0.29, 0.717) is 12.2 Å². The van der Waals surface area contributed by atoms with Gasteiger partial charge in [-0.15, -0.1) is 0 Å². The van der Waals surface area contributed by atoms with Crippen molar-refractivity contribution in [2.24, 2.45) is 0 Å². The maximum Gasteiger partial charge on any atom is 0.234 e. The van der Waals surface area contributed by atoms with Gasteiger partial charge >= 0.3 is 0 Å². The number of carbonyl (C=O) groups excluding carboxylic acids is 1. The summed E-state index contributed by atoms with van der Waals surface area (Å²) in [7, 11) is 0. The van der Waals surface area contributed by atoms with E-state index >= 15 is 0 Å². The third kappa shape index (κ3) is 3.77. The number of aromatic nitrogens is 3. The first-order chi connectivity index (χ1) is 12.1. The maximum atomic E-state index is 12.4. The summed E-state index contributed by atoms with van der Waals surface area (Å²) in [5, 5.41) is 20.5. The SMILES string of the molecule is Cc1noc(C)c1Cn1cc(NC(=O)C(CO)c2ccccc2)cn1. The number of nitrogens with zero attached hydrogens (tertiary/aromatic N) is 3. The summed E-state index contributed by atoms with van der Waals surface area (Å²) >= 11 is 0. The Labute approximate surface area is 145 Å². The normalized spacial score (nSPS) is 12.1. The highest BCUT2D eigenvalue weighted by Crippen LogP contribution is 2.19. The van der Waals surface area contributed by atoms with Crippen molar-refractivity contribution in [1.29, 1.82) is 0 Å². The fraction of sp³-hybridized carbons (Fsp3) is 0.278. The van der Waals surface area contributed by atoms with Crippen LogP contribution in [0.1, 0.15) is 28.5 Å². The largest absolute Gasteiger partial charge is 0.395 e. The number of hydrogen-bond donors (Lipinski definition) is 2. The number of carbonyl (C=O) groups is 1. The van der Waals surface area contributed by atoms with Gasteiger partial charge in [0.05, 0.1) is 36.6 Å². The van der Waals surface area contributed by atoms with Crippen LogP contribution < -0.4 is 5.32 Å². The van der Waals surface area contributed by atoms with Gasteiger partial charge in [0.2, 0.25) is 5.91 Å². The first kappa shape index (κ1) is 16.9. The van der Waals surface area contributed by atoms with Crippen molar-refractivity contribution in [2.45, 2.75) is 26.3 Å². The van der Waals surface area contributed by atoms with Crippen molar-refractivity contribution in [3.05, 3.63) is 65.3 Å². The Morgan fingerprint density at radius 2 is 2.08 bits per heavy atom. The van der Waals surface area contributed by atoms with Crippen LogP contribution >= 0.6 is 0 Å². The van der Waals surface area contributed by atoms with Crippen molar-refractivity contribution in [3.8, 4) is 0 Å². The number of rotatable bonds is 6. The lowest BCUT2D eigenvalue weighted by atomic mass is 9.99. The maximum absolute atomic E-state index is 12.4. The fourth-order valence-electron chi connectivity index (χ4n) is 2.66. The highest BCUT2D eigenvalue weighted by molar-refractivity contribution is 5.95. The summed E-state index contributed by atoms with van der Waals surface area (Å²) in [6, 6.07) is 9.19. The van der Waals surface area contributed by atoms with Crippen LogP contribution in [0.25, 0.3) is 0 Å². The lowest BCUT2D eigenvalue weighted by Gasteiger charge is -2.13. The minimum atomic E-state index is -0.618. The van der Waals surface area contributed by atoms with Gasteiger partial charge in [0, 0.05) is 11.8 Å². The quantitative estimate of drug-likeness (QED) is 0.718. The van der Waals surface area contributed by atoms with Gasteiger partial charge in [-0.3, -0.25) is 9.48 Å². The van der Waals surface area contributed by atoms with Crippen LogP contribution in [-0.4, -0.2) is 32.6 Å². The molecule has 25 heavy (non-hydrogen) atoms. The first-order valence-electron chi connectivity index (χ1n) is 7.99. The Morgan fingerprint density at radius 3 is 2.72 bits per heavy atom. The standard InChI is InChI=1S/C18H20N4O3/c1-12-16(13(2)25-21-12)10-22-9-15(8-19-22)20-18(24)17(11-23)14-6-4-3-5-7-14/h3-9,17,23H,10-11H2,1-2H3,(H,20,24). The van der Waals surface area contributed by atoms with Crippen LogP contribution in [0, 0.1) is 13.8 Å². The number of aliphatic hydroxyl groups excluding tert-OH is 1. The number of nitrogens with one attached hydrogen (secondary N) is 1. The molecule has 0 aliphatic heterocycles. The molecule has 0 saturated carbocycles. The van der Waals surface area contributed by atoms with E-state index in [-0.39, 0.29) is 12.5 Å². The molecule has 0 fully saturated rings. The van der Waals surface area contributed by atoms with Gasteiger partial charge in [-0.2, -0.15) is 5.10 Å². The number of hydrogen-bond acceptors (Lipinski definition) is 5. The van der Waals surface area contributed by atoms with Crippen molar-refractivity contribution in [1.82, 2.24) is 14.9 Å². The first-order valence-corrected chi connectivity index (χ1v) is 7.99. The van der Waals surface area contributed by atoms with E-state index in [1.54, 1.807) is 17.1 Å². The highest BCUT2D eigenvalue weighted by Gasteiger charge is 2.20. The molecule has 1 aromatic carbocycles. The summed E-state index contributed by atoms with van der Waals surface area (Å²) in [5.74, 6) is -0.138. The molecule has 130 valence electrons. The van der Waals surface area contributed by atoms with E-state index in [1.165, 1.54) is 0 Å². The number of benzene rings is 1. The summed E-state index contributed by atoms with van der Waals surface area (Å²) in [6.45, 7) is 3.99. The van der Waals surface area contributed by atoms with Crippen LogP contribution in [0.5, 0.6) is 0 Å². The molecule has 1 amide bonds. The Balaban J connectivity index is 1.69. The summed E-state index contributed by atoms with van der Waals surface area (Å²) in [6.07, 6.45) is 3.32. The van der Waals surface area contributed by atoms with E-state index in [1.807, 2.05) is 44.2 Å². The molecule has 0 radical (unpaired) electrons. The zero-order valence-corrected chi connectivity index (χ0v) is 14.1. The van der Waals surface area contributed by atoms with E-state index < -0.39 is 5.92 Å². The van der Waals surface area contributed by atoms with E-state index in [0.717, 1.165) is 22.6 Å². The molecule has 3 aromatic rings. The Morgan fingerprint density at radius 1 is 1.32 bits per heavy atom. The number of amides is 1. The van der Waals surface area contributed by atoms with Crippen LogP contribution in [0.3, 0.4) is 0 Å². The number of anilines is 1. The average Bonchev–Trinajstić information content (AvgIpc) is 3.18. The van der Waals surface area contributed by atoms with Crippen LogP contribution in [0.15, 0.2) is 47.2 Å². The topological polar surface area (TPSA) is 93.2 Å². The molecule has 2 N–H and O–H groups in total. The molecule has 7 nitrogen and oxygen atoms in total. The highest BCUT2D eigenvalue weighted by atomic mass is 16.5. The molecule has 0 bridgehead atoms. The minimum absolute atomic E-state index is 0.261. The zero-order valence-electron chi connectivity index (χ0n) is 14.1. The summed E-state index contributed by atoms with van der Waals surface area (Å²) in [4.78, 5) is 12.4.